The molecule has 1 rings (SSSR count). The van der Waals surface area contributed by atoms with E-state index in [0.29, 0.717) is 5.56 Å². The first-order valence-electron chi connectivity index (χ1n) is 4.02. The van der Waals surface area contributed by atoms with E-state index in [1.165, 1.54) is 18.2 Å². The molecule has 0 heterocycles. The molecule has 0 radical (unpaired) electrons. The van der Waals surface area contributed by atoms with Gasteiger partial charge in [0, 0.05) is 0 Å². The number of hydrogen-bond donors (Lipinski definition) is 2. The van der Waals surface area contributed by atoms with Crippen LogP contribution in [0, 0.1) is 6.92 Å². The van der Waals surface area contributed by atoms with Gasteiger partial charge < -0.3 is 9.68 Å². The van der Waals surface area contributed by atoms with Crippen molar-refractivity contribution in [2.75, 3.05) is 0 Å². The van der Waals surface area contributed by atoms with Crippen LogP contribution >= 0.6 is 0 Å². The van der Waals surface area contributed by atoms with E-state index in [9.17, 15) is 9.59 Å². The van der Waals surface area contributed by atoms with Crippen molar-refractivity contribution < 1.29 is 19.3 Å². The second-order valence-electron chi connectivity index (χ2n) is 2.90. The summed E-state index contributed by atoms with van der Waals surface area (Å²) in [6, 6.07) is 4.35. The van der Waals surface area contributed by atoms with Gasteiger partial charge in [0.25, 0.3) is 0 Å². The summed E-state index contributed by atoms with van der Waals surface area (Å²) in [5, 5.41) is 0. The van der Waals surface area contributed by atoms with Crippen LogP contribution in [0.5, 0.6) is 0 Å². The van der Waals surface area contributed by atoms with Crippen molar-refractivity contribution in [3.63, 3.8) is 0 Å². The summed E-state index contributed by atoms with van der Waals surface area (Å²) in [7, 11) is 0. The average molecular weight is 210 g/mol. The van der Waals surface area contributed by atoms with Gasteiger partial charge in [-0.25, -0.2) is 9.59 Å². The Balaban J connectivity index is 3.16. The van der Waals surface area contributed by atoms with Gasteiger partial charge in [0.05, 0.1) is 11.1 Å². The fraction of sp³-hybridized carbons (Fsp3) is 0.111. The Kier molecular flexibility index (Phi) is 3.37. The third-order valence-electron chi connectivity index (χ3n) is 1.76. The van der Waals surface area contributed by atoms with E-state index in [-0.39, 0.29) is 11.1 Å². The minimum atomic E-state index is -0.732. The molecule has 80 valence electrons. The van der Waals surface area contributed by atoms with Gasteiger partial charge in [-0.2, -0.15) is 11.8 Å². The molecule has 0 saturated heterocycles. The van der Waals surface area contributed by atoms with Gasteiger partial charge in [0.1, 0.15) is 0 Å². The Morgan fingerprint density at radius 3 is 1.73 bits per heavy atom. The molecule has 0 bridgehead atoms. The molecule has 0 fully saturated rings. The third kappa shape index (κ3) is 2.52. The SMILES string of the molecule is Cc1cc(C(=O)ON)cc(C(=O)ON)c1. The summed E-state index contributed by atoms with van der Waals surface area (Å²) in [5.41, 5.74) is 1.02. The van der Waals surface area contributed by atoms with Crippen LogP contribution in [0.15, 0.2) is 18.2 Å². The zero-order chi connectivity index (χ0) is 11.4. The normalized spacial score (nSPS) is 9.53. The highest BCUT2D eigenvalue weighted by Gasteiger charge is 2.12. The van der Waals surface area contributed by atoms with E-state index in [1.807, 2.05) is 0 Å². The number of nitrogens with two attached hydrogens (primary N) is 2. The predicted molar refractivity (Wildman–Crippen MR) is 50.4 cm³/mol. The molecule has 1 aromatic carbocycles. The fourth-order valence-corrected chi connectivity index (χ4v) is 1.15. The van der Waals surface area contributed by atoms with E-state index in [1.54, 1.807) is 6.92 Å². The highest BCUT2D eigenvalue weighted by molar-refractivity contribution is 5.95. The van der Waals surface area contributed by atoms with Crippen LogP contribution in [-0.2, 0) is 9.68 Å². The molecule has 0 atom stereocenters. The second kappa shape index (κ2) is 4.54. The Morgan fingerprint density at radius 1 is 1.00 bits per heavy atom. The molecule has 4 N–H and O–H groups in total. The lowest BCUT2D eigenvalue weighted by Gasteiger charge is -2.03. The van der Waals surface area contributed by atoms with E-state index >= 15 is 0 Å². The smallest absolute Gasteiger partial charge is 0.356 e. The van der Waals surface area contributed by atoms with Gasteiger partial charge in [0.2, 0.25) is 0 Å². The van der Waals surface area contributed by atoms with Crippen LogP contribution in [0.3, 0.4) is 0 Å². The van der Waals surface area contributed by atoms with Crippen molar-refractivity contribution in [3.05, 3.63) is 34.9 Å². The first-order chi connectivity index (χ1) is 7.08. The average Bonchev–Trinajstić information content (AvgIpc) is 2.26. The Bertz CT molecular complexity index is 369. The Hall–Kier alpha value is -1.92. The zero-order valence-corrected chi connectivity index (χ0v) is 8.02. The molecule has 1 aromatic rings. The molecule has 0 spiro atoms. The minimum Gasteiger partial charge on any atom is -0.370 e. The number of carbonyl (C=O) groups excluding carboxylic acids is 2. The second-order valence-corrected chi connectivity index (χ2v) is 2.90. The summed E-state index contributed by atoms with van der Waals surface area (Å²) in [5.74, 6) is 7.98. The number of hydrogen-bond acceptors (Lipinski definition) is 6. The third-order valence-corrected chi connectivity index (χ3v) is 1.76. The van der Waals surface area contributed by atoms with Gasteiger partial charge in [-0.05, 0) is 30.7 Å². The molecule has 15 heavy (non-hydrogen) atoms. The number of aryl methyl sites for hydroxylation is 1. The lowest BCUT2D eigenvalue weighted by Crippen LogP contribution is -2.14. The van der Waals surface area contributed by atoms with Gasteiger partial charge in [-0.3, -0.25) is 0 Å². The molecule has 0 aliphatic carbocycles. The standard InChI is InChI=1S/C9H10N2O4/c1-5-2-6(8(12)14-10)4-7(3-5)9(13)15-11/h2-4H,10-11H2,1H3. The predicted octanol–water partition coefficient (Wildman–Crippen LogP) is 0.0560. The highest BCUT2D eigenvalue weighted by atomic mass is 16.7. The molecule has 0 unspecified atom stereocenters. The summed E-state index contributed by atoms with van der Waals surface area (Å²) in [6.45, 7) is 1.71. The summed E-state index contributed by atoms with van der Waals surface area (Å²) >= 11 is 0. The van der Waals surface area contributed by atoms with Crippen LogP contribution in [0.2, 0.25) is 0 Å². The highest BCUT2D eigenvalue weighted by Crippen LogP contribution is 2.11. The summed E-state index contributed by atoms with van der Waals surface area (Å²) < 4.78 is 0. The maximum absolute atomic E-state index is 11.1. The first kappa shape index (κ1) is 11.2. The van der Waals surface area contributed by atoms with Crippen molar-refractivity contribution in [1.82, 2.24) is 0 Å². The molecule has 0 amide bonds. The van der Waals surface area contributed by atoms with Crippen LogP contribution in [0.25, 0.3) is 0 Å². The lowest BCUT2D eigenvalue weighted by molar-refractivity contribution is 0.0500. The van der Waals surface area contributed by atoms with Gasteiger partial charge in [-0.15, -0.1) is 0 Å². The van der Waals surface area contributed by atoms with Gasteiger partial charge in [-0.1, -0.05) is 0 Å². The number of carbonyl (C=O) groups is 2. The quantitative estimate of drug-likeness (QED) is 0.668. The lowest BCUT2D eigenvalue weighted by atomic mass is 10.1. The van der Waals surface area contributed by atoms with E-state index in [2.05, 4.69) is 9.68 Å². The van der Waals surface area contributed by atoms with E-state index in [4.69, 9.17) is 11.8 Å². The Labute approximate surface area is 85.7 Å². The molecular formula is C9H10N2O4. The molecule has 0 aliphatic rings. The maximum atomic E-state index is 11.1. The van der Waals surface area contributed by atoms with E-state index in [0.717, 1.165) is 0 Å². The largest absolute Gasteiger partial charge is 0.370 e. The minimum absolute atomic E-state index is 0.165. The number of rotatable bonds is 2. The molecular weight excluding hydrogens is 200 g/mol. The Morgan fingerprint density at radius 2 is 1.40 bits per heavy atom. The molecule has 0 aliphatic heterocycles. The fourth-order valence-electron chi connectivity index (χ4n) is 1.15. The number of benzene rings is 1. The van der Waals surface area contributed by atoms with Crippen LogP contribution < -0.4 is 11.8 Å². The topological polar surface area (TPSA) is 105 Å². The first-order valence-corrected chi connectivity index (χ1v) is 4.02. The molecule has 0 aromatic heterocycles. The molecule has 6 heteroatoms. The van der Waals surface area contributed by atoms with Crippen LogP contribution in [-0.4, -0.2) is 11.9 Å². The summed E-state index contributed by atoms with van der Waals surface area (Å²) in [6.07, 6.45) is 0. The molecule has 6 nitrogen and oxygen atoms in total. The van der Waals surface area contributed by atoms with Crippen molar-refractivity contribution >= 4 is 11.9 Å². The molecule has 0 saturated carbocycles. The zero-order valence-electron chi connectivity index (χ0n) is 8.02. The monoisotopic (exact) mass is 210 g/mol. The summed E-state index contributed by atoms with van der Waals surface area (Å²) in [4.78, 5) is 30.3. The van der Waals surface area contributed by atoms with Crippen molar-refractivity contribution in [3.8, 4) is 0 Å². The van der Waals surface area contributed by atoms with Crippen LogP contribution in [0.4, 0.5) is 0 Å². The maximum Gasteiger partial charge on any atom is 0.356 e. The van der Waals surface area contributed by atoms with Gasteiger partial charge in [0.15, 0.2) is 0 Å². The van der Waals surface area contributed by atoms with Crippen molar-refractivity contribution in [2.45, 2.75) is 6.92 Å². The van der Waals surface area contributed by atoms with Crippen molar-refractivity contribution in [1.29, 1.82) is 0 Å². The van der Waals surface area contributed by atoms with Gasteiger partial charge >= 0.3 is 11.9 Å². The van der Waals surface area contributed by atoms with E-state index < -0.39 is 11.9 Å². The van der Waals surface area contributed by atoms with Crippen LogP contribution in [0.1, 0.15) is 26.3 Å². The van der Waals surface area contributed by atoms with Crippen molar-refractivity contribution in [2.24, 2.45) is 11.8 Å².